The first-order valence-corrected chi connectivity index (χ1v) is 6.21. The van der Waals surface area contributed by atoms with Crippen LogP contribution in [0.1, 0.15) is 11.5 Å². The van der Waals surface area contributed by atoms with Gasteiger partial charge < -0.3 is 19.9 Å². The molecular formula is C10H17NO3S. The molecule has 0 atom stereocenters. The van der Waals surface area contributed by atoms with Crippen molar-refractivity contribution in [1.29, 1.82) is 0 Å². The molecule has 1 heterocycles. The van der Waals surface area contributed by atoms with Crippen molar-refractivity contribution in [1.82, 2.24) is 5.32 Å². The lowest BCUT2D eigenvalue weighted by molar-refractivity contribution is 0.168. The predicted octanol–water partition coefficient (Wildman–Crippen LogP) is 0.585. The molecule has 1 aromatic rings. The number of aliphatic hydroxyl groups is 2. The van der Waals surface area contributed by atoms with Gasteiger partial charge in [-0.3, -0.25) is 0 Å². The van der Waals surface area contributed by atoms with E-state index in [1.165, 1.54) is 0 Å². The van der Waals surface area contributed by atoms with Gasteiger partial charge in [0.1, 0.15) is 11.5 Å². The Hall–Kier alpha value is -0.490. The average molecular weight is 231 g/mol. The molecule has 1 rings (SSSR count). The molecular weight excluding hydrogens is 214 g/mol. The lowest BCUT2D eigenvalue weighted by atomic mass is 10.3. The number of aliphatic hydroxyl groups excluding tert-OH is 2. The van der Waals surface area contributed by atoms with Crippen LogP contribution in [-0.2, 0) is 12.3 Å². The maximum Gasteiger partial charge on any atom is 0.118 e. The normalized spacial score (nSPS) is 11.2. The van der Waals surface area contributed by atoms with Crippen molar-refractivity contribution in [3.8, 4) is 0 Å². The molecule has 0 amide bonds. The quantitative estimate of drug-likeness (QED) is 0.641. The van der Waals surface area contributed by atoms with Crippen LogP contribution in [0.4, 0.5) is 0 Å². The minimum atomic E-state index is -0.279. The van der Waals surface area contributed by atoms with E-state index in [0.29, 0.717) is 6.54 Å². The van der Waals surface area contributed by atoms with E-state index in [0.717, 1.165) is 17.3 Å². The maximum absolute atomic E-state index is 8.84. The van der Waals surface area contributed by atoms with E-state index in [9.17, 15) is 0 Å². The van der Waals surface area contributed by atoms with E-state index in [4.69, 9.17) is 14.6 Å². The summed E-state index contributed by atoms with van der Waals surface area (Å²) in [7, 11) is 0. The zero-order valence-corrected chi connectivity index (χ0v) is 9.59. The SMILES string of the molecule is CSCc1ccc(CNC(CO)CO)o1. The van der Waals surface area contributed by atoms with Crippen molar-refractivity contribution in [2.24, 2.45) is 0 Å². The zero-order valence-electron chi connectivity index (χ0n) is 8.77. The second kappa shape index (κ2) is 6.90. The van der Waals surface area contributed by atoms with Gasteiger partial charge in [0.05, 0.1) is 31.6 Å². The van der Waals surface area contributed by atoms with Crippen molar-refractivity contribution in [2.75, 3.05) is 19.5 Å². The Kier molecular flexibility index (Phi) is 5.78. The van der Waals surface area contributed by atoms with Crippen LogP contribution in [0.5, 0.6) is 0 Å². The van der Waals surface area contributed by atoms with Crippen LogP contribution < -0.4 is 5.32 Å². The summed E-state index contributed by atoms with van der Waals surface area (Å²) in [5, 5.41) is 20.7. The highest BCUT2D eigenvalue weighted by atomic mass is 32.2. The maximum atomic E-state index is 8.84. The Morgan fingerprint density at radius 2 is 2.00 bits per heavy atom. The van der Waals surface area contributed by atoms with Crippen molar-refractivity contribution >= 4 is 11.8 Å². The molecule has 0 aliphatic heterocycles. The summed E-state index contributed by atoms with van der Waals surface area (Å²) in [6.07, 6.45) is 2.02. The van der Waals surface area contributed by atoms with Crippen LogP contribution in [0.15, 0.2) is 16.5 Å². The predicted molar refractivity (Wildman–Crippen MR) is 60.7 cm³/mol. The van der Waals surface area contributed by atoms with Crippen LogP contribution >= 0.6 is 11.8 Å². The first-order valence-electron chi connectivity index (χ1n) is 4.81. The fraction of sp³-hybridized carbons (Fsp3) is 0.600. The Labute approximate surface area is 93.7 Å². The van der Waals surface area contributed by atoms with Gasteiger partial charge in [0.25, 0.3) is 0 Å². The van der Waals surface area contributed by atoms with Gasteiger partial charge in [-0.15, -0.1) is 0 Å². The van der Waals surface area contributed by atoms with Gasteiger partial charge in [-0.2, -0.15) is 11.8 Å². The third-order valence-electron chi connectivity index (χ3n) is 2.01. The van der Waals surface area contributed by atoms with E-state index in [1.807, 2.05) is 18.4 Å². The van der Waals surface area contributed by atoms with Crippen LogP contribution in [0, 0.1) is 0 Å². The van der Waals surface area contributed by atoms with Crippen LogP contribution in [0.25, 0.3) is 0 Å². The summed E-state index contributed by atoms with van der Waals surface area (Å²) in [5.41, 5.74) is 0. The Morgan fingerprint density at radius 1 is 1.33 bits per heavy atom. The van der Waals surface area contributed by atoms with E-state index in [-0.39, 0.29) is 19.3 Å². The molecule has 0 aromatic carbocycles. The summed E-state index contributed by atoms with van der Waals surface area (Å²) in [6, 6.07) is 3.57. The average Bonchev–Trinajstić information content (AvgIpc) is 2.68. The first-order chi connectivity index (χ1) is 7.30. The van der Waals surface area contributed by atoms with Gasteiger partial charge in [0, 0.05) is 0 Å². The molecule has 0 fully saturated rings. The summed E-state index contributed by atoms with van der Waals surface area (Å²) >= 11 is 1.71. The van der Waals surface area contributed by atoms with Crippen molar-refractivity contribution < 1.29 is 14.6 Å². The number of hydrogen-bond acceptors (Lipinski definition) is 5. The molecule has 4 nitrogen and oxygen atoms in total. The Morgan fingerprint density at radius 3 is 2.60 bits per heavy atom. The van der Waals surface area contributed by atoms with Crippen molar-refractivity contribution in [3.63, 3.8) is 0 Å². The van der Waals surface area contributed by atoms with Gasteiger partial charge in [0.2, 0.25) is 0 Å². The van der Waals surface area contributed by atoms with Crippen LogP contribution in [0.2, 0.25) is 0 Å². The largest absolute Gasteiger partial charge is 0.464 e. The third kappa shape index (κ3) is 4.25. The molecule has 5 heteroatoms. The highest BCUT2D eigenvalue weighted by Gasteiger charge is 2.06. The standard InChI is InChI=1S/C10H17NO3S/c1-15-7-10-3-2-9(14-10)4-11-8(5-12)6-13/h2-3,8,11-13H,4-7H2,1H3. The first kappa shape index (κ1) is 12.6. The van der Waals surface area contributed by atoms with Crippen LogP contribution in [-0.4, -0.2) is 35.7 Å². The number of nitrogens with one attached hydrogen (secondary N) is 1. The van der Waals surface area contributed by atoms with Crippen molar-refractivity contribution in [3.05, 3.63) is 23.7 Å². The van der Waals surface area contributed by atoms with E-state index >= 15 is 0 Å². The van der Waals surface area contributed by atoms with E-state index in [2.05, 4.69) is 5.32 Å². The molecule has 86 valence electrons. The monoisotopic (exact) mass is 231 g/mol. The molecule has 0 bridgehead atoms. The molecule has 0 aliphatic rings. The number of hydrogen-bond donors (Lipinski definition) is 3. The fourth-order valence-electron chi connectivity index (χ4n) is 1.17. The second-order valence-electron chi connectivity index (χ2n) is 3.24. The summed E-state index contributed by atoms with van der Waals surface area (Å²) in [4.78, 5) is 0. The number of thioether (sulfide) groups is 1. The number of furan rings is 1. The Bertz CT molecular complexity index is 273. The van der Waals surface area contributed by atoms with E-state index < -0.39 is 0 Å². The zero-order chi connectivity index (χ0) is 11.1. The topological polar surface area (TPSA) is 65.6 Å². The van der Waals surface area contributed by atoms with Crippen LogP contribution in [0.3, 0.4) is 0 Å². The molecule has 3 N–H and O–H groups in total. The fourth-order valence-corrected chi connectivity index (χ4v) is 1.61. The molecule has 15 heavy (non-hydrogen) atoms. The highest BCUT2D eigenvalue weighted by Crippen LogP contribution is 2.13. The van der Waals surface area contributed by atoms with Gasteiger partial charge >= 0.3 is 0 Å². The smallest absolute Gasteiger partial charge is 0.118 e. The summed E-state index contributed by atoms with van der Waals surface area (Å²) < 4.78 is 5.52. The number of rotatable bonds is 7. The minimum absolute atomic E-state index is 0.0745. The van der Waals surface area contributed by atoms with Gasteiger partial charge in [-0.1, -0.05) is 0 Å². The van der Waals surface area contributed by atoms with Gasteiger partial charge in [-0.25, -0.2) is 0 Å². The second-order valence-corrected chi connectivity index (χ2v) is 4.11. The highest BCUT2D eigenvalue weighted by molar-refractivity contribution is 7.97. The molecule has 1 aromatic heterocycles. The molecule has 0 saturated heterocycles. The molecule has 0 saturated carbocycles. The molecule has 0 radical (unpaired) electrons. The summed E-state index contributed by atoms with van der Waals surface area (Å²) in [6.45, 7) is 0.379. The van der Waals surface area contributed by atoms with Crippen molar-refractivity contribution in [2.45, 2.75) is 18.3 Å². The molecule has 0 aliphatic carbocycles. The van der Waals surface area contributed by atoms with Gasteiger partial charge in [0.15, 0.2) is 0 Å². The van der Waals surface area contributed by atoms with E-state index in [1.54, 1.807) is 11.8 Å². The van der Waals surface area contributed by atoms with Gasteiger partial charge in [-0.05, 0) is 18.4 Å². The lowest BCUT2D eigenvalue weighted by Crippen LogP contribution is -2.35. The molecule has 0 unspecified atom stereocenters. The Balaban J connectivity index is 2.36. The molecule has 0 spiro atoms. The minimum Gasteiger partial charge on any atom is -0.464 e. The lowest BCUT2D eigenvalue weighted by Gasteiger charge is -2.11. The summed E-state index contributed by atoms with van der Waals surface area (Å²) in [5.74, 6) is 2.64. The third-order valence-corrected chi connectivity index (χ3v) is 2.58.